The van der Waals surface area contributed by atoms with E-state index in [9.17, 15) is 9.18 Å². The number of hydrogen-bond donors (Lipinski definition) is 2. The molecule has 3 aromatic carbocycles. The Morgan fingerprint density at radius 3 is 2.69 bits per heavy atom. The smallest absolute Gasteiger partial charge is 0.271 e. The van der Waals surface area contributed by atoms with Crippen molar-refractivity contribution in [3.63, 3.8) is 0 Å². The minimum absolute atomic E-state index is 0.0761. The lowest BCUT2D eigenvalue weighted by atomic mass is 10.2. The third kappa shape index (κ3) is 5.32. The van der Waals surface area contributed by atoms with Crippen molar-refractivity contribution in [3.8, 4) is 11.5 Å². The van der Waals surface area contributed by atoms with Gasteiger partial charge in [-0.25, -0.2) is 9.82 Å². The van der Waals surface area contributed by atoms with Crippen LogP contribution in [0.5, 0.6) is 11.5 Å². The Morgan fingerprint density at radius 1 is 1.10 bits per heavy atom. The molecule has 0 saturated heterocycles. The molecule has 6 nitrogen and oxygen atoms in total. The van der Waals surface area contributed by atoms with Crippen LogP contribution in [0.2, 0.25) is 0 Å². The Labute approximate surface area is 167 Å². The number of hydrazone groups is 1. The molecule has 3 N–H and O–H groups in total. The van der Waals surface area contributed by atoms with Crippen molar-refractivity contribution in [1.29, 1.82) is 0 Å². The Kier molecular flexibility index (Phi) is 6.42. The molecule has 0 radical (unpaired) electrons. The first kappa shape index (κ1) is 19.9. The fraction of sp³-hybridized carbons (Fsp3) is 0.0909. The van der Waals surface area contributed by atoms with Crippen molar-refractivity contribution < 1.29 is 18.7 Å². The second kappa shape index (κ2) is 9.36. The molecule has 0 aliphatic rings. The summed E-state index contributed by atoms with van der Waals surface area (Å²) in [4.78, 5) is 12.1. The Morgan fingerprint density at radius 2 is 1.93 bits per heavy atom. The van der Waals surface area contributed by atoms with Gasteiger partial charge >= 0.3 is 0 Å². The number of carbonyl (C=O) groups is 1. The largest absolute Gasteiger partial charge is 0.493 e. The summed E-state index contributed by atoms with van der Waals surface area (Å²) >= 11 is 0. The minimum Gasteiger partial charge on any atom is -0.493 e. The lowest BCUT2D eigenvalue weighted by molar-refractivity contribution is 0.0955. The van der Waals surface area contributed by atoms with E-state index in [1.165, 1.54) is 19.4 Å². The summed E-state index contributed by atoms with van der Waals surface area (Å²) in [6.45, 7) is 0.0761. The SMILES string of the molecule is COc1cc(/C=N\NC(=O)c2cccc(N)c2)ccc1OCc1ccccc1F. The van der Waals surface area contributed by atoms with Crippen LogP contribution in [0.4, 0.5) is 10.1 Å². The molecule has 0 saturated carbocycles. The number of nitrogen functional groups attached to an aromatic ring is 1. The zero-order valence-corrected chi connectivity index (χ0v) is 15.8. The standard InChI is InChI=1S/C22H20FN3O3/c1-28-21-11-15(13-25-26-22(27)16-6-4-7-18(24)12-16)9-10-20(21)29-14-17-5-2-3-8-19(17)23/h2-13H,14,24H2,1H3,(H,26,27)/b25-13-. The van der Waals surface area contributed by atoms with Gasteiger partial charge in [0.15, 0.2) is 11.5 Å². The number of benzene rings is 3. The highest BCUT2D eigenvalue weighted by Gasteiger charge is 2.08. The van der Waals surface area contributed by atoms with E-state index in [1.54, 1.807) is 60.7 Å². The molecule has 0 aromatic heterocycles. The molecule has 0 heterocycles. The summed E-state index contributed by atoms with van der Waals surface area (Å²) in [7, 11) is 1.51. The molecule has 148 valence electrons. The molecule has 1 amide bonds. The van der Waals surface area contributed by atoms with Crippen LogP contribution in [-0.4, -0.2) is 19.2 Å². The number of anilines is 1. The summed E-state index contributed by atoms with van der Waals surface area (Å²) in [6.07, 6.45) is 1.48. The summed E-state index contributed by atoms with van der Waals surface area (Å²) in [5.41, 5.74) is 10.2. The number of nitrogens with zero attached hydrogens (tertiary/aromatic N) is 1. The van der Waals surface area contributed by atoms with Crippen molar-refractivity contribution in [1.82, 2.24) is 5.43 Å². The zero-order chi connectivity index (χ0) is 20.6. The molecule has 0 bridgehead atoms. The Hall–Kier alpha value is -3.87. The minimum atomic E-state index is -0.370. The van der Waals surface area contributed by atoms with Crippen LogP contribution in [0.25, 0.3) is 0 Å². The van der Waals surface area contributed by atoms with Gasteiger partial charge < -0.3 is 15.2 Å². The van der Waals surface area contributed by atoms with Crippen LogP contribution in [0.1, 0.15) is 21.5 Å². The van der Waals surface area contributed by atoms with Gasteiger partial charge in [-0.05, 0) is 48.0 Å². The molecular weight excluding hydrogens is 373 g/mol. The molecular formula is C22H20FN3O3. The predicted octanol–water partition coefficient (Wildman–Crippen LogP) is 3.76. The van der Waals surface area contributed by atoms with E-state index in [-0.39, 0.29) is 18.3 Å². The average molecular weight is 393 g/mol. The van der Waals surface area contributed by atoms with Crippen LogP contribution < -0.4 is 20.6 Å². The van der Waals surface area contributed by atoms with E-state index in [0.29, 0.717) is 33.9 Å². The first-order valence-corrected chi connectivity index (χ1v) is 8.80. The van der Waals surface area contributed by atoms with E-state index in [0.717, 1.165) is 0 Å². The normalized spacial score (nSPS) is 10.7. The molecule has 0 fully saturated rings. The average Bonchev–Trinajstić information content (AvgIpc) is 2.73. The van der Waals surface area contributed by atoms with Gasteiger partial charge in [-0.1, -0.05) is 24.3 Å². The molecule has 3 aromatic rings. The number of nitrogens with one attached hydrogen (secondary N) is 1. The quantitative estimate of drug-likeness (QED) is 0.364. The highest BCUT2D eigenvalue weighted by molar-refractivity contribution is 5.95. The van der Waals surface area contributed by atoms with E-state index in [4.69, 9.17) is 15.2 Å². The number of carbonyl (C=O) groups excluding carboxylic acids is 1. The van der Waals surface area contributed by atoms with Gasteiger partial charge in [0.1, 0.15) is 12.4 Å². The van der Waals surface area contributed by atoms with E-state index in [1.807, 2.05) is 0 Å². The maximum absolute atomic E-state index is 13.7. The summed E-state index contributed by atoms with van der Waals surface area (Å²) in [5, 5.41) is 3.95. The maximum atomic E-state index is 13.7. The van der Waals surface area contributed by atoms with Gasteiger partial charge in [0.25, 0.3) is 5.91 Å². The molecule has 7 heteroatoms. The van der Waals surface area contributed by atoms with Crippen molar-refractivity contribution in [3.05, 3.63) is 89.2 Å². The Balaban J connectivity index is 1.64. The van der Waals surface area contributed by atoms with E-state index >= 15 is 0 Å². The first-order valence-electron chi connectivity index (χ1n) is 8.80. The highest BCUT2D eigenvalue weighted by atomic mass is 19.1. The number of ether oxygens (including phenoxy) is 2. The lowest BCUT2D eigenvalue weighted by Gasteiger charge is -2.11. The molecule has 29 heavy (non-hydrogen) atoms. The van der Waals surface area contributed by atoms with Crippen LogP contribution in [0.3, 0.4) is 0 Å². The molecule has 0 aliphatic carbocycles. The van der Waals surface area contributed by atoms with Crippen molar-refractivity contribution in [2.24, 2.45) is 5.10 Å². The number of methoxy groups -OCH3 is 1. The predicted molar refractivity (Wildman–Crippen MR) is 110 cm³/mol. The van der Waals surface area contributed by atoms with Crippen LogP contribution in [-0.2, 0) is 6.61 Å². The zero-order valence-electron chi connectivity index (χ0n) is 15.8. The summed E-state index contributed by atoms with van der Waals surface area (Å²) in [6, 6.07) is 18.2. The second-order valence-corrected chi connectivity index (χ2v) is 6.11. The van der Waals surface area contributed by atoms with Crippen molar-refractivity contribution >= 4 is 17.8 Å². The Bertz CT molecular complexity index is 1040. The van der Waals surface area contributed by atoms with Gasteiger partial charge in [0, 0.05) is 16.8 Å². The van der Waals surface area contributed by atoms with Gasteiger partial charge in [0.2, 0.25) is 0 Å². The first-order chi connectivity index (χ1) is 14.1. The van der Waals surface area contributed by atoms with Gasteiger partial charge in [-0.15, -0.1) is 0 Å². The molecule has 0 atom stereocenters. The van der Waals surface area contributed by atoms with Crippen LogP contribution >= 0.6 is 0 Å². The van der Waals surface area contributed by atoms with Crippen molar-refractivity contribution in [2.75, 3.05) is 12.8 Å². The lowest BCUT2D eigenvalue weighted by Crippen LogP contribution is -2.17. The van der Waals surface area contributed by atoms with Gasteiger partial charge in [-0.2, -0.15) is 5.10 Å². The summed E-state index contributed by atoms with van der Waals surface area (Å²) in [5.74, 6) is 0.237. The number of hydrogen-bond acceptors (Lipinski definition) is 5. The molecule has 0 spiro atoms. The van der Waals surface area contributed by atoms with Crippen LogP contribution in [0.15, 0.2) is 71.8 Å². The fourth-order valence-electron chi connectivity index (χ4n) is 2.56. The second-order valence-electron chi connectivity index (χ2n) is 6.11. The summed E-state index contributed by atoms with van der Waals surface area (Å²) < 4.78 is 24.7. The van der Waals surface area contributed by atoms with Gasteiger partial charge in [0.05, 0.1) is 13.3 Å². The molecule has 3 rings (SSSR count). The van der Waals surface area contributed by atoms with E-state index < -0.39 is 0 Å². The molecule has 0 aliphatic heterocycles. The number of rotatable bonds is 7. The number of amides is 1. The monoisotopic (exact) mass is 393 g/mol. The van der Waals surface area contributed by atoms with Crippen molar-refractivity contribution in [2.45, 2.75) is 6.61 Å². The maximum Gasteiger partial charge on any atom is 0.271 e. The third-order valence-corrected chi connectivity index (χ3v) is 4.06. The van der Waals surface area contributed by atoms with Crippen LogP contribution in [0, 0.1) is 5.82 Å². The topological polar surface area (TPSA) is 85.9 Å². The molecule has 0 unspecified atom stereocenters. The van der Waals surface area contributed by atoms with E-state index in [2.05, 4.69) is 10.5 Å². The number of halogens is 1. The van der Waals surface area contributed by atoms with Gasteiger partial charge in [-0.3, -0.25) is 4.79 Å². The third-order valence-electron chi connectivity index (χ3n) is 4.06. The fourth-order valence-corrected chi connectivity index (χ4v) is 2.56. The highest BCUT2D eigenvalue weighted by Crippen LogP contribution is 2.28. The number of nitrogens with two attached hydrogens (primary N) is 1.